The third-order valence-corrected chi connectivity index (χ3v) is 4.71. The van der Waals surface area contributed by atoms with Crippen LogP contribution in [0.25, 0.3) is 0 Å². The van der Waals surface area contributed by atoms with Crippen LogP contribution in [0.5, 0.6) is 5.75 Å². The number of anilines is 1. The summed E-state index contributed by atoms with van der Waals surface area (Å²) in [7, 11) is 1.68. The molecule has 2 aromatic rings. The minimum absolute atomic E-state index is 0.107. The van der Waals surface area contributed by atoms with Crippen molar-refractivity contribution in [3.63, 3.8) is 0 Å². The van der Waals surface area contributed by atoms with Crippen LogP contribution in [0.15, 0.2) is 54.6 Å². The molecule has 3 rings (SSSR count). The third kappa shape index (κ3) is 3.89. The Kier molecular flexibility index (Phi) is 5.38. The molecular weight excluding hydrogens is 300 g/mol. The molecule has 1 aliphatic rings. The molecule has 0 amide bonds. The summed E-state index contributed by atoms with van der Waals surface area (Å²) in [6.45, 7) is 2.90. The topological polar surface area (TPSA) is 44.7 Å². The predicted molar refractivity (Wildman–Crippen MR) is 97.4 cm³/mol. The lowest BCUT2D eigenvalue weighted by Gasteiger charge is -2.43. The number of methoxy groups -OCH3 is 1. The molecule has 4 nitrogen and oxygen atoms in total. The van der Waals surface area contributed by atoms with Gasteiger partial charge in [0.05, 0.1) is 24.9 Å². The zero-order chi connectivity index (χ0) is 16.8. The Morgan fingerprint density at radius 1 is 1.12 bits per heavy atom. The average molecular weight is 326 g/mol. The molecule has 0 saturated carbocycles. The van der Waals surface area contributed by atoms with Gasteiger partial charge in [-0.1, -0.05) is 42.5 Å². The second-order valence-electron chi connectivity index (χ2n) is 6.56. The molecule has 0 bridgehead atoms. The number of hydrogen-bond donors (Lipinski definition) is 2. The summed E-state index contributed by atoms with van der Waals surface area (Å²) in [4.78, 5) is 2.41. The highest BCUT2D eigenvalue weighted by atomic mass is 16.5. The monoisotopic (exact) mass is 326 g/mol. The van der Waals surface area contributed by atoms with Crippen molar-refractivity contribution in [2.24, 2.45) is 0 Å². The van der Waals surface area contributed by atoms with E-state index in [0.29, 0.717) is 0 Å². The fourth-order valence-corrected chi connectivity index (χ4v) is 3.51. The fraction of sp³-hybridized carbons (Fsp3) is 0.400. The molecular formula is C20H26N2O2. The van der Waals surface area contributed by atoms with E-state index in [1.165, 1.54) is 5.56 Å². The largest absolute Gasteiger partial charge is 0.495 e. The molecule has 4 heteroatoms. The number of para-hydroxylation sites is 2. The second kappa shape index (κ2) is 7.69. The van der Waals surface area contributed by atoms with E-state index in [4.69, 9.17) is 4.74 Å². The molecule has 0 spiro atoms. The van der Waals surface area contributed by atoms with E-state index >= 15 is 0 Å². The van der Waals surface area contributed by atoms with Crippen molar-refractivity contribution < 1.29 is 9.84 Å². The minimum Gasteiger partial charge on any atom is -0.495 e. The minimum atomic E-state index is -0.332. The lowest BCUT2D eigenvalue weighted by Crippen LogP contribution is -2.55. The summed E-state index contributed by atoms with van der Waals surface area (Å²) in [5.74, 6) is 0.811. The number of nitrogens with zero attached hydrogens (tertiary/aromatic N) is 1. The number of benzene rings is 2. The summed E-state index contributed by atoms with van der Waals surface area (Å²) in [5, 5.41) is 13.7. The van der Waals surface area contributed by atoms with Gasteiger partial charge in [0.25, 0.3) is 0 Å². The first-order valence-corrected chi connectivity index (χ1v) is 8.53. The fourth-order valence-electron chi connectivity index (χ4n) is 3.51. The van der Waals surface area contributed by atoms with Gasteiger partial charge in [-0.15, -0.1) is 0 Å². The van der Waals surface area contributed by atoms with Crippen molar-refractivity contribution in [3.05, 3.63) is 60.2 Å². The summed E-state index contributed by atoms with van der Waals surface area (Å²) in [6, 6.07) is 18.4. The van der Waals surface area contributed by atoms with Crippen LogP contribution in [-0.2, 0) is 6.54 Å². The number of aliphatic hydroxyl groups excluding tert-OH is 1. The van der Waals surface area contributed by atoms with Crippen molar-refractivity contribution >= 4 is 5.69 Å². The quantitative estimate of drug-likeness (QED) is 0.856. The van der Waals surface area contributed by atoms with Crippen LogP contribution in [-0.4, -0.2) is 42.4 Å². The van der Waals surface area contributed by atoms with Crippen LogP contribution >= 0.6 is 0 Å². The summed E-state index contributed by atoms with van der Waals surface area (Å²) in [5.41, 5.74) is 1.92. The van der Waals surface area contributed by atoms with Gasteiger partial charge in [0.15, 0.2) is 0 Å². The molecule has 1 aliphatic heterocycles. The van der Waals surface area contributed by atoms with Gasteiger partial charge in [0.1, 0.15) is 5.75 Å². The Balaban J connectivity index is 1.74. The molecule has 1 fully saturated rings. The lowest BCUT2D eigenvalue weighted by atomic mass is 9.89. The van der Waals surface area contributed by atoms with Crippen molar-refractivity contribution in [1.82, 2.24) is 4.90 Å². The number of rotatable bonds is 6. The highest BCUT2D eigenvalue weighted by Gasteiger charge is 2.35. The second-order valence-corrected chi connectivity index (χ2v) is 6.56. The maximum absolute atomic E-state index is 10.1. The van der Waals surface area contributed by atoms with E-state index in [2.05, 4.69) is 34.5 Å². The SMILES string of the molecule is COc1ccccc1NC1(CO)CCCN(Cc2ccccc2)C1. The highest BCUT2D eigenvalue weighted by Crippen LogP contribution is 2.31. The molecule has 1 heterocycles. The highest BCUT2D eigenvalue weighted by molar-refractivity contribution is 5.58. The van der Waals surface area contributed by atoms with Crippen molar-refractivity contribution in [3.8, 4) is 5.75 Å². The average Bonchev–Trinajstić information content (AvgIpc) is 2.63. The van der Waals surface area contributed by atoms with Gasteiger partial charge in [0, 0.05) is 13.1 Å². The standard InChI is InChI=1S/C20H26N2O2/c1-24-19-11-6-5-10-18(19)21-20(16-23)12-7-13-22(15-20)14-17-8-3-2-4-9-17/h2-6,8-11,21,23H,7,12-16H2,1H3. The van der Waals surface area contributed by atoms with Crippen molar-refractivity contribution in [2.75, 3.05) is 32.1 Å². The maximum Gasteiger partial charge on any atom is 0.141 e. The van der Waals surface area contributed by atoms with Gasteiger partial charge in [0.2, 0.25) is 0 Å². The summed E-state index contributed by atoms with van der Waals surface area (Å²) >= 11 is 0. The molecule has 0 aliphatic carbocycles. The maximum atomic E-state index is 10.1. The number of nitrogens with one attached hydrogen (secondary N) is 1. The number of ether oxygens (including phenoxy) is 1. The Labute approximate surface area is 144 Å². The van der Waals surface area contributed by atoms with Crippen LogP contribution in [0.3, 0.4) is 0 Å². The molecule has 0 aromatic heterocycles. The smallest absolute Gasteiger partial charge is 0.141 e. The molecule has 1 unspecified atom stereocenters. The molecule has 2 aromatic carbocycles. The van der Waals surface area contributed by atoms with Crippen LogP contribution in [0.2, 0.25) is 0 Å². The van der Waals surface area contributed by atoms with Crippen LogP contribution in [0.1, 0.15) is 18.4 Å². The zero-order valence-electron chi connectivity index (χ0n) is 14.2. The third-order valence-electron chi connectivity index (χ3n) is 4.71. The Hall–Kier alpha value is -2.04. The van der Waals surface area contributed by atoms with Gasteiger partial charge in [-0.05, 0) is 37.1 Å². The lowest BCUT2D eigenvalue weighted by molar-refractivity contribution is 0.103. The zero-order valence-corrected chi connectivity index (χ0v) is 14.2. The van der Waals surface area contributed by atoms with Gasteiger partial charge < -0.3 is 15.2 Å². The first-order valence-electron chi connectivity index (χ1n) is 8.53. The molecule has 1 atom stereocenters. The van der Waals surface area contributed by atoms with E-state index in [9.17, 15) is 5.11 Å². The van der Waals surface area contributed by atoms with Gasteiger partial charge in [-0.25, -0.2) is 0 Å². The first kappa shape index (κ1) is 16.8. The molecule has 1 saturated heterocycles. The van der Waals surface area contributed by atoms with Gasteiger partial charge in [-0.3, -0.25) is 4.90 Å². The number of piperidine rings is 1. The number of aliphatic hydroxyl groups is 1. The molecule has 24 heavy (non-hydrogen) atoms. The van der Waals surface area contributed by atoms with E-state index in [0.717, 1.165) is 43.9 Å². The van der Waals surface area contributed by atoms with Crippen molar-refractivity contribution in [1.29, 1.82) is 0 Å². The summed E-state index contributed by atoms with van der Waals surface area (Å²) in [6.07, 6.45) is 2.02. The number of hydrogen-bond acceptors (Lipinski definition) is 4. The molecule has 128 valence electrons. The Bertz CT molecular complexity index is 647. The molecule has 0 radical (unpaired) electrons. The van der Waals surface area contributed by atoms with E-state index in [-0.39, 0.29) is 12.1 Å². The first-order chi connectivity index (χ1) is 11.7. The molecule has 2 N–H and O–H groups in total. The number of likely N-dealkylation sites (tertiary alicyclic amines) is 1. The Morgan fingerprint density at radius 2 is 1.88 bits per heavy atom. The van der Waals surface area contributed by atoms with E-state index in [1.807, 2.05) is 30.3 Å². The van der Waals surface area contributed by atoms with Crippen molar-refractivity contribution in [2.45, 2.75) is 24.9 Å². The summed E-state index contributed by atoms with van der Waals surface area (Å²) < 4.78 is 5.44. The van der Waals surface area contributed by atoms with Gasteiger partial charge >= 0.3 is 0 Å². The van der Waals surface area contributed by atoms with E-state index < -0.39 is 0 Å². The predicted octanol–water partition coefficient (Wildman–Crippen LogP) is 3.13. The Morgan fingerprint density at radius 3 is 2.62 bits per heavy atom. The van der Waals surface area contributed by atoms with Crippen LogP contribution in [0, 0.1) is 0 Å². The van der Waals surface area contributed by atoms with E-state index in [1.54, 1.807) is 7.11 Å². The van der Waals surface area contributed by atoms with Crippen LogP contribution in [0.4, 0.5) is 5.69 Å². The normalized spacial score (nSPS) is 21.4. The van der Waals surface area contributed by atoms with Gasteiger partial charge in [-0.2, -0.15) is 0 Å². The van der Waals surface area contributed by atoms with Crippen LogP contribution < -0.4 is 10.1 Å².